The van der Waals surface area contributed by atoms with Gasteiger partial charge in [0.25, 0.3) is 0 Å². The molecule has 0 saturated carbocycles. The van der Waals surface area contributed by atoms with Crippen LogP contribution in [0.3, 0.4) is 0 Å². The lowest BCUT2D eigenvalue weighted by Gasteiger charge is -2.36. The zero-order valence-corrected chi connectivity index (χ0v) is 20.5. The first kappa shape index (κ1) is 24.5. The normalized spacial score (nSPS) is 24.1. The Hall–Kier alpha value is -2.23. The molecule has 2 saturated heterocycles. The van der Waals surface area contributed by atoms with Gasteiger partial charge in [-0.2, -0.15) is 13.2 Å². The minimum atomic E-state index is -4.42. The summed E-state index contributed by atoms with van der Waals surface area (Å²) in [7, 11) is 4.28. The van der Waals surface area contributed by atoms with Crippen LogP contribution in [0.1, 0.15) is 53.6 Å². The van der Waals surface area contributed by atoms with E-state index >= 15 is 0 Å². The number of aryl methyl sites for hydroxylation is 1. The second-order valence-electron chi connectivity index (χ2n) is 10.1. The lowest BCUT2D eigenvalue weighted by atomic mass is 9.95. The van der Waals surface area contributed by atoms with Crippen molar-refractivity contribution in [2.24, 2.45) is 0 Å². The van der Waals surface area contributed by atoms with Gasteiger partial charge in [0.05, 0.1) is 24.0 Å². The molecule has 4 heterocycles. The number of hydrogen-bond donors (Lipinski definition) is 0. The molecule has 1 aromatic carbocycles. The molecule has 6 nitrogen and oxygen atoms in total. The number of ether oxygens (including phenoxy) is 1. The van der Waals surface area contributed by atoms with Gasteiger partial charge in [0.1, 0.15) is 11.6 Å². The molecule has 9 heteroatoms. The highest BCUT2D eigenvalue weighted by Gasteiger charge is 2.37. The summed E-state index contributed by atoms with van der Waals surface area (Å²) in [4.78, 5) is 16.9. The number of hydrogen-bond acceptors (Lipinski definition) is 6. The molecule has 5 rings (SSSR count). The number of likely N-dealkylation sites (tertiary alicyclic amines) is 1. The Labute approximate surface area is 205 Å². The summed E-state index contributed by atoms with van der Waals surface area (Å²) >= 11 is 0. The van der Waals surface area contributed by atoms with E-state index in [4.69, 9.17) is 14.7 Å². The molecular weight excluding hydrogens is 455 g/mol. The van der Waals surface area contributed by atoms with E-state index in [-0.39, 0.29) is 12.2 Å². The Balaban J connectivity index is 1.45. The third-order valence-electron chi connectivity index (χ3n) is 7.71. The molecule has 0 aliphatic carbocycles. The summed E-state index contributed by atoms with van der Waals surface area (Å²) in [5, 5.41) is 0. The summed E-state index contributed by atoms with van der Waals surface area (Å²) in [5.41, 5.74) is 1.31. The van der Waals surface area contributed by atoms with Crippen LogP contribution in [-0.4, -0.2) is 72.6 Å². The van der Waals surface area contributed by atoms with Crippen LogP contribution >= 0.6 is 0 Å². The van der Waals surface area contributed by atoms with Gasteiger partial charge in [0, 0.05) is 50.6 Å². The second-order valence-corrected chi connectivity index (χ2v) is 10.1. The maximum Gasteiger partial charge on any atom is 0.416 e. The van der Waals surface area contributed by atoms with Crippen LogP contribution in [0.5, 0.6) is 0 Å². The molecule has 0 amide bonds. The standard InChI is InChI=1S/C26H34F3N5O/c1-32-12-14-34(15-13-32)25-20-17-35-23(19-7-3-4-8-21(19)26(27,28)29)16-22(20)30-24(31-25)10-9-18-6-5-11-33(18)2/h3-4,7-8,18,23H,5-6,9-17H2,1-2H3/t18-,23?/m0/s1. The van der Waals surface area contributed by atoms with Crippen molar-refractivity contribution in [2.75, 3.05) is 51.7 Å². The quantitative estimate of drug-likeness (QED) is 0.631. The van der Waals surface area contributed by atoms with Crippen molar-refractivity contribution in [3.05, 3.63) is 52.5 Å². The molecule has 1 aromatic heterocycles. The minimum absolute atomic E-state index is 0.180. The molecule has 2 aromatic rings. The Morgan fingerprint density at radius 3 is 2.51 bits per heavy atom. The molecule has 0 radical (unpaired) electrons. The molecule has 3 aliphatic rings. The fourth-order valence-corrected chi connectivity index (χ4v) is 5.57. The first-order valence-electron chi connectivity index (χ1n) is 12.6. The van der Waals surface area contributed by atoms with Gasteiger partial charge < -0.3 is 19.4 Å². The lowest BCUT2D eigenvalue weighted by molar-refractivity contribution is -0.139. The maximum absolute atomic E-state index is 13.7. The Bertz CT molecular complexity index is 1040. The fraction of sp³-hybridized carbons (Fsp3) is 0.615. The minimum Gasteiger partial charge on any atom is -0.368 e. The summed E-state index contributed by atoms with van der Waals surface area (Å²) < 4.78 is 47.1. The van der Waals surface area contributed by atoms with Gasteiger partial charge >= 0.3 is 6.18 Å². The van der Waals surface area contributed by atoms with E-state index in [1.807, 2.05) is 0 Å². The molecule has 2 atom stereocenters. The summed E-state index contributed by atoms with van der Waals surface area (Å²) in [5.74, 6) is 1.70. The van der Waals surface area contributed by atoms with Crippen molar-refractivity contribution < 1.29 is 17.9 Å². The zero-order valence-electron chi connectivity index (χ0n) is 20.5. The smallest absolute Gasteiger partial charge is 0.368 e. The average Bonchev–Trinajstić information content (AvgIpc) is 3.26. The molecule has 2 fully saturated rings. The van der Waals surface area contributed by atoms with E-state index in [0.29, 0.717) is 12.5 Å². The van der Waals surface area contributed by atoms with E-state index in [1.54, 1.807) is 6.07 Å². The highest BCUT2D eigenvalue weighted by molar-refractivity contribution is 5.51. The highest BCUT2D eigenvalue weighted by Crippen LogP contribution is 2.40. The maximum atomic E-state index is 13.7. The van der Waals surface area contributed by atoms with Crippen LogP contribution in [0.4, 0.5) is 19.0 Å². The van der Waals surface area contributed by atoms with E-state index in [2.05, 4.69) is 28.8 Å². The van der Waals surface area contributed by atoms with Crippen molar-refractivity contribution in [3.8, 4) is 0 Å². The predicted molar refractivity (Wildman–Crippen MR) is 128 cm³/mol. The molecular formula is C26H34F3N5O. The highest BCUT2D eigenvalue weighted by atomic mass is 19.4. The van der Waals surface area contributed by atoms with Gasteiger partial charge in [-0.15, -0.1) is 0 Å². The van der Waals surface area contributed by atoms with E-state index in [1.165, 1.54) is 25.0 Å². The summed E-state index contributed by atoms with van der Waals surface area (Å²) in [6.07, 6.45) is -0.600. The van der Waals surface area contributed by atoms with Crippen LogP contribution in [0.15, 0.2) is 24.3 Å². The molecule has 0 bridgehead atoms. The summed E-state index contributed by atoms with van der Waals surface area (Å²) in [6.45, 7) is 4.97. The Morgan fingerprint density at radius 1 is 1.03 bits per heavy atom. The number of alkyl halides is 3. The lowest BCUT2D eigenvalue weighted by Crippen LogP contribution is -2.45. The number of halogens is 3. The van der Waals surface area contributed by atoms with Crippen molar-refractivity contribution in [2.45, 2.75) is 57.0 Å². The van der Waals surface area contributed by atoms with Crippen molar-refractivity contribution in [1.82, 2.24) is 19.8 Å². The monoisotopic (exact) mass is 489 g/mol. The van der Waals surface area contributed by atoms with Crippen LogP contribution in [0.25, 0.3) is 0 Å². The number of benzene rings is 1. The molecule has 190 valence electrons. The number of nitrogens with zero attached hydrogens (tertiary/aromatic N) is 5. The second kappa shape index (κ2) is 10.0. The van der Waals surface area contributed by atoms with E-state index in [0.717, 1.165) is 74.5 Å². The van der Waals surface area contributed by atoms with Crippen molar-refractivity contribution >= 4 is 5.82 Å². The van der Waals surface area contributed by atoms with Gasteiger partial charge in [-0.25, -0.2) is 9.97 Å². The fourth-order valence-electron chi connectivity index (χ4n) is 5.57. The zero-order chi connectivity index (χ0) is 24.6. The number of anilines is 1. The number of piperazine rings is 1. The first-order chi connectivity index (χ1) is 16.8. The molecule has 35 heavy (non-hydrogen) atoms. The molecule has 3 aliphatic heterocycles. The topological polar surface area (TPSA) is 44.7 Å². The molecule has 0 spiro atoms. The largest absolute Gasteiger partial charge is 0.416 e. The van der Waals surface area contributed by atoms with Gasteiger partial charge in [-0.05, 0) is 51.5 Å². The molecule has 0 N–H and O–H groups in total. The van der Waals surface area contributed by atoms with Crippen molar-refractivity contribution in [1.29, 1.82) is 0 Å². The van der Waals surface area contributed by atoms with Gasteiger partial charge in [0.2, 0.25) is 0 Å². The van der Waals surface area contributed by atoms with Crippen LogP contribution in [0, 0.1) is 0 Å². The van der Waals surface area contributed by atoms with E-state index < -0.39 is 17.8 Å². The SMILES string of the molecule is CN1CCN(c2nc(CC[C@@H]3CCCN3C)nc3c2COC(c2ccccc2C(F)(F)F)C3)CC1. The number of fused-ring (bicyclic) bond motifs is 1. The van der Waals surface area contributed by atoms with Gasteiger partial charge in [-0.3, -0.25) is 0 Å². The van der Waals surface area contributed by atoms with Crippen LogP contribution < -0.4 is 4.90 Å². The number of likely N-dealkylation sites (N-methyl/N-ethyl adjacent to an activating group) is 1. The average molecular weight is 490 g/mol. The van der Waals surface area contributed by atoms with E-state index in [9.17, 15) is 13.2 Å². The third-order valence-corrected chi connectivity index (χ3v) is 7.71. The first-order valence-corrected chi connectivity index (χ1v) is 12.6. The van der Waals surface area contributed by atoms with Crippen LogP contribution in [-0.2, 0) is 30.4 Å². The predicted octanol–water partition coefficient (Wildman–Crippen LogP) is 4.09. The van der Waals surface area contributed by atoms with Gasteiger partial charge in [0.15, 0.2) is 0 Å². The van der Waals surface area contributed by atoms with Crippen molar-refractivity contribution in [3.63, 3.8) is 0 Å². The number of rotatable bonds is 5. The third kappa shape index (κ3) is 5.32. The molecule has 1 unspecified atom stereocenters. The Kier molecular flexibility index (Phi) is 7.01. The summed E-state index contributed by atoms with van der Waals surface area (Å²) in [6, 6.07) is 6.26. The van der Waals surface area contributed by atoms with Crippen LogP contribution in [0.2, 0.25) is 0 Å². The number of aromatic nitrogens is 2. The Morgan fingerprint density at radius 2 is 1.80 bits per heavy atom. The van der Waals surface area contributed by atoms with Gasteiger partial charge in [-0.1, -0.05) is 18.2 Å².